The molecule has 1 atom stereocenters. The Morgan fingerprint density at radius 2 is 1.88 bits per heavy atom. The highest BCUT2D eigenvalue weighted by Gasteiger charge is 2.14. The summed E-state index contributed by atoms with van der Waals surface area (Å²) >= 11 is 6.64. The first-order chi connectivity index (χ1) is 7.40. The molecule has 0 unspecified atom stereocenters. The molecule has 88 valence electrons. The van der Waals surface area contributed by atoms with Crippen LogP contribution < -0.4 is 4.74 Å². The smallest absolute Gasteiger partial charge is 0.307 e. The van der Waals surface area contributed by atoms with Gasteiger partial charge in [-0.15, -0.1) is 0 Å². The van der Waals surface area contributed by atoms with Gasteiger partial charge < -0.3 is 9.84 Å². The lowest BCUT2D eigenvalue weighted by Gasteiger charge is -2.15. The van der Waals surface area contributed by atoms with Crippen LogP contribution in [0.2, 0.25) is 0 Å². The molecule has 1 rings (SSSR count). The highest BCUT2D eigenvalue weighted by atomic mass is 127. The zero-order valence-corrected chi connectivity index (χ0v) is 14.8. The molecule has 0 heterocycles. The number of carboxylic acid groups (broad SMARTS) is 1. The maximum Gasteiger partial charge on any atom is 0.307 e. The standard InChI is InChI=1S/C10H9I3O3/c1-5(2-9(14)15)16-10-7(12)3-6(11)4-8(10)13/h3-5H,2H2,1H3,(H,14,15)/t5-/m0/s1. The van der Waals surface area contributed by atoms with E-state index in [1.54, 1.807) is 6.92 Å². The molecule has 0 aliphatic heterocycles. The topological polar surface area (TPSA) is 46.5 Å². The second-order valence-corrected chi connectivity index (χ2v) is 6.79. The van der Waals surface area contributed by atoms with E-state index in [9.17, 15) is 4.79 Å². The van der Waals surface area contributed by atoms with Crippen molar-refractivity contribution in [3.8, 4) is 5.75 Å². The maximum absolute atomic E-state index is 10.5. The zero-order valence-electron chi connectivity index (χ0n) is 8.34. The number of carbonyl (C=O) groups is 1. The first kappa shape index (κ1) is 14.7. The Kier molecular flexibility index (Phi) is 6.05. The highest BCUT2D eigenvalue weighted by molar-refractivity contribution is 14.1. The third-order valence-electron chi connectivity index (χ3n) is 1.74. The minimum atomic E-state index is -0.844. The van der Waals surface area contributed by atoms with Crippen molar-refractivity contribution in [1.82, 2.24) is 0 Å². The Morgan fingerprint density at radius 1 is 1.38 bits per heavy atom. The van der Waals surface area contributed by atoms with E-state index in [4.69, 9.17) is 9.84 Å². The van der Waals surface area contributed by atoms with E-state index in [-0.39, 0.29) is 12.5 Å². The average molecular weight is 558 g/mol. The van der Waals surface area contributed by atoms with Crippen LogP contribution in [0.25, 0.3) is 0 Å². The Hall–Kier alpha value is 0.680. The van der Waals surface area contributed by atoms with Gasteiger partial charge in [-0.3, -0.25) is 4.79 Å². The van der Waals surface area contributed by atoms with Crippen molar-refractivity contribution in [1.29, 1.82) is 0 Å². The fourth-order valence-corrected chi connectivity index (χ4v) is 4.97. The van der Waals surface area contributed by atoms with Crippen LogP contribution in [-0.2, 0) is 4.79 Å². The zero-order chi connectivity index (χ0) is 12.3. The van der Waals surface area contributed by atoms with Gasteiger partial charge >= 0.3 is 5.97 Å². The molecule has 3 nitrogen and oxygen atoms in total. The number of hydrogen-bond donors (Lipinski definition) is 1. The number of halogens is 3. The Bertz CT molecular complexity index is 383. The van der Waals surface area contributed by atoms with Crippen LogP contribution in [0.3, 0.4) is 0 Å². The molecule has 0 aromatic heterocycles. The molecule has 0 fully saturated rings. The molecule has 0 saturated carbocycles. The van der Waals surface area contributed by atoms with Gasteiger partial charge in [0.15, 0.2) is 0 Å². The molecule has 16 heavy (non-hydrogen) atoms. The van der Waals surface area contributed by atoms with E-state index >= 15 is 0 Å². The monoisotopic (exact) mass is 558 g/mol. The van der Waals surface area contributed by atoms with Gasteiger partial charge in [0.25, 0.3) is 0 Å². The van der Waals surface area contributed by atoms with E-state index in [2.05, 4.69) is 67.8 Å². The summed E-state index contributed by atoms with van der Waals surface area (Å²) in [5.41, 5.74) is 0. The van der Waals surface area contributed by atoms with Crippen LogP contribution in [0.15, 0.2) is 12.1 Å². The van der Waals surface area contributed by atoms with Crippen molar-refractivity contribution >= 4 is 73.7 Å². The summed E-state index contributed by atoms with van der Waals surface area (Å²) in [4.78, 5) is 10.5. The number of carboxylic acids is 1. The first-order valence-electron chi connectivity index (χ1n) is 4.43. The predicted molar refractivity (Wildman–Crippen MR) is 86.9 cm³/mol. The lowest BCUT2D eigenvalue weighted by molar-refractivity contribution is -0.138. The number of hydrogen-bond acceptors (Lipinski definition) is 2. The molecule has 0 spiro atoms. The van der Waals surface area contributed by atoms with Crippen LogP contribution in [0, 0.1) is 10.7 Å². The van der Waals surface area contributed by atoms with E-state index in [1.165, 1.54) is 0 Å². The van der Waals surface area contributed by atoms with Crippen LogP contribution in [-0.4, -0.2) is 17.2 Å². The SMILES string of the molecule is C[C@@H](CC(=O)O)Oc1c(I)cc(I)cc1I. The van der Waals surface area contributed by atoms with Crippen molar-refractivity contribution in [3.63, 3.8) is 0 Å². The third-order valence-corrected chi connectivity index (χ3v) is 3.97. The molecule has 0 amide bonds. The van der Waals surface area contributed by atoms with Gasteiger partial charge in [0.05, 0.1) is 13.6 Å². The number of ether oxygens (including phenoxy) is 1. The minimum absolute atomic E-state index is 0.0121. The van der Waals surface area contributed by atoms with Crippen LogP contribution in [0.1, 0.15) is 13.3 Å². The Labute approximate surface area is 135 Å². The second-order valence-electron chi connectivity index (χ2n) is 3.22. The van der Waals surface area contributed by atoms with E-state index in [0.29, 0.717) is 0 Å². The average Bonchev–Trinajstić information content (AvgIpc) is 2.09. The van der Waals surface area contributed by atoms with Crippen molar-refractivity contribution in [3.05, 3.63) is 22.8 Å². The van der Waals surface area contributed by atoms with Gasteiger partial charge in [-0.25, -0.2) is 0 Å². The van der Waals surface area contributed by atoms with Crippen molar-refractivity contribution in [2.75, 3.05) is 0 Å². The van der Waals surface area contributed by atoms with Gasteiger partial charge in [-0.1, -0.05) is 0 Å². The van der Waals surface area contributed by atoms with Crippen LogP contribution >= 0.6 is 67.8 Å². The highest BCUT2D eigenvalue weighted by Crippen LogP contribution is 2.30. The number of rotatable bonds is 4. The van der Waals surface area contributed by atoms with Crippen molar-refractivity contribution < 1.29 is 14.6 Å². The molecule has 0 saturated heterocycles. The van der Waals surface area contributed by atoms with Gasteiger partial charge in [-0.2, -0.15) is 0 Å². The molecule has 0 aliphatic carbocycles. The largest absolute Gasteiger partial charge is 0.488 e. The van der Waals surface area contributed by atoms with Crippen molar-refractivity contribution in [2.24, 2.45) is 0 Å². The Balaban J connectivity index is 2.85. The quantitative estimate of drug-likeness (QED) is 0.574. The predicted octanol–water partition coefficient (Wildman–Crippen LogP) is 3.74. The van der Waals surface area contributed by atoms with Crippen LogP contribution in [0.4, 0.5) is 0 Å². The summed E-state index contributed by atoms with van der Waals surface area (Å²) in [5.74, 6) is -0.0709. The van der Waals surface area contributed by atoms with Crippen LogP contribution in [0.5, 0.6) is 5.75 Å². The molecule has 0 bridgehead atoms. The second kappa shape index (κ2) is 6.57. The normalized spacial score (nSPS) is 12.2. The lowest BCUT2D eigenvalue weighted by Crippen LogP contribution is -2.17. The molecule has 0 aliphatic rings. The fourth-order valence-electron chi connectivity index (χ4n) is 1.13. The van der Waals surface area contributed by atoms with Gasteiger partial charge in [-0.05, 0) is 86.8 Å². The van der Waals surface area contributed by atoms with E-state index < -0.39 is 5.97 Å². The summed E-state index contributed by atoms with van der Waals surface area (Å²) < 4.78 is 8.80. The lowest BCUT2D eigenvalue weighted by atomic mass is 10.3. The summed E-state index contributed by atoms with van der Waals surface area (Å²) in [5, 5.41) is 8.66. The summed E-state index contributed by atoms with van der Waals surface area (Å²) in [7, 11) is 0. The summed E-state index contributed by atoms with van der Waals surface area (Å²) in [6.45, 7) is 1.76. The molecule has 6 heteroatoms. The molecular formula is C10H9I3O3. The number of benzene rings is 1. The fraction of sp³-hybridized carbons (Fsp3) is 0.300. The van der Waals surface area contributed by atoms with Gasteiger partial charge in [0.1, 0.15) is 11.9 Å². The molecule has 1 aromatic carbocycles. The molecule has 0 radical (unpaired) electrons. The van der Waals surface area contributed by atoms with E-state index in [1.807, 2.05) is 12.1 Å². The molecular weight excluding hydrogens is 549 g/mol. The minimum Gasteiger partial charge on any atom is -0.488 e. The first-order valence-corrected chi connectivity index (χ1v) is 7.66. The summed E-state index contributed by atoms with van der Waals surface area (Å²) in [6.07, 6.45) is -0.308. The Morgan fingerprint density at radius 3 is 2.31 bits per heavy atom. The third kappa shape index (κ3) is 4.51. The molecule has 1 aromatic rings. The maximum atomic E-state index is 10.5. The molecule has 1 N–H and O–H groups in total. The van der Waals surface area contributed by atoms with E-state index in [0.717, 1.165) is 16.5 Å². The number of aliphatic carboxylic acids is 1. The summed E-state index contributed by atoms with van der Waals surface area (Å²) in [6, 6.07) is 4.01. The van der Waals surface area contributed by atoms with Crippen molar-refractivity contribution in [2.45, 2.75) is 19.4 Å². The van der Waals surface area contributed by atoms with Gasteiger partial charge in [0, 0.05) is 3.57 Å². The van der Waals surface area contributed by atoms with Gasteiger partial charge in [0.2, 0.25) is 0 Å².